The molecule has 0 spiro atoms. The number of hydrogen-bond acceptors (Lipinski definition) is 8. The zero-order valence-corrected chi connectivity index (χ0v) is 20.5. The maximum Gasteiger partial charge on any atom is 0.199 e. The van der Waals surface area contributed by atoms with E-state index in [1.807, 2.05) is 47.4 Å². The molecule has 0 aliphatic carbocycles. The van der Waals surface area contributed by atoms with Crippen LogP contribution in [0.5, 0.6) is 17.2 Å². The standard InChI is InChI=1S/C28H29N7O2/c1-36-21-10-12-22(13-11-21)37-25-9-5-3-7-19(25)16-34-17-20(14-18-6-2-4-8-24(18)34)35-26(29)23-15-31-33-27(23)32-28(35)30/h2-13,15,20,26H,14,16-17,29H2,1H3,(H3,30,31,32,33). The van der Waals surface area contributed by atoms with Crippen molar-refractivity contribution in [3.63, 3.8) is 0 Å². The van der Waals surface area contributed by atoms with E-state index in [4.69, 9.17) is 20.9 Å². The lowest BCUT2D eigenvalue weighted by atomic mass is 9.95. The fourth-order valence-corrected chi connectivity index (χ4v) is 5.18. The quantitative estimate of drug-likeness (QED) is 0.369. The molecule has 5 N–H and O–H groups in total. The number of nitrogens with zero attached hydrogens (tertiary/aromatic N) is 4. The number of fused-ring (bicyclic) bond motifs is 2. The second-order valence-electron chi connectivity index (χ2n) is 9.25. The molecule has 9 heteroatoms. The van der Waals surface area contributed by atoms with E-state index in [-0.39, 0.29) is 6.04 Å². The number of aromatic nitrogens is 2. The predicted octanol–water partition coefficient (Wildman–Crippen LogP) is 4.06. The first-order chi connectivity index (χ1) is 18.1. The molecule has 3 aromatic carbocycles. The van der Waals surface area contributed by atoms with Crippen molar-refractivity contribution in [2.24, 2.45) is 16.5 Å². The number of anilines is 1. The van der Waals surface area contributed by atoms with E-state index in [1.54, 1.807) is 13.3 Å². The van der Waals surface area contributed by atoms with Gasteiger partial charge in [-0.2, -0.15) is 10.1 Å². The fourth-order valence-electron chi connectivity index (χ4n) is 5.18. The van der Waals surface area contributed by atoms with Crippen LogP contribution in [0.1, 0.15) is 22.9 Å². The summed E-state index contributed by atoms with van der Waals surface area (Å²) in [6.45, 7) is 1.39. The van der Waals surface area contributed by atoms with Crippen molar-refractivity contribution in [1.82, 2.24) is 15.1 Å². The van der Waals surface area contributed by atoms with E-state index in [0.29, 0.717) is 18.3 Å². The summed E-state index contributed by atoms with van der Waals surface area (Å²) in [5.74, 6) is 3.38. The molecule has 3 heterocycles. The zero-order chi connectivity index (χ0) is 25.4. The molecular weight excluding hydrogens is 466 g/mol. The highest BCUT2D eigenvalue weighted by Gasteiger charge is 2.36. The van der Waals surface area contributed by atoms with Crippen LogP contribution in [0.3, 0.4) is 0 Å². The Morgan fingerprint density at radius 2 is 1.76 bits per heavy atom. The minimum absolute atomic E-state index is 0.0337. The first-order valence-corrected chi connectivity index (χ1v) is 12.2. The van der Waals surface area contributed by atoms with Gasteiger partial charge in [-0.05, 0) is 48.4 Å². The van der Waals surface area contributed by atoms with Crippen molar-refractivity contribution in [3.05, 3.63) is 95.7 Å². The zero-order valence-electron chi connectivity index (χ0n) is 20.5. The molecule has 9 nitrogen and oxygen atoms in total. The average molecular weight is 496 g/mol. The highest BCUT2D eigenvalue weighted by molar-refractivity contribution is 5.84. The number of para-hydroxylation sites is 2. The topological polar surface area (TPSA) is 118 Å². The summed E-state index contributed by atoms with van der Waals surface area (Å²) < 4.78 is 11.6. The minimum Gasteiger partial charge on any atom is -0.497 e. The van der Waals surface area contributed by atoms with Crippen LogP contribution in [-0.2, 0) is 13.0 Å². The molecule has 6 rings (SSSR count). The lowest BCUT2D eigenvalue weighted by Gasteiger charge is -2.44. The number of nitrogens with two attached hydrogens (primary N) is 2. The van der Waals surface area contributed by atoms with E-state index < -0.39 is 6.17 Å². The monoisotopic (exact) mass is 495 g/mol. The summed E-state index contributed by atoms with van der Waals surface area (Å²) in [4.78, 5) is 8.91. The van der Waals surface area contributed by atoms with Gasteiger partial charge in [0, 0.05) is 24.3 Å². The van der Waals surface area contributed by atoms with Gasteiger partial charge < -0.3 is 30.7 Å². The minimum atomic E-state index is -0.422. The Labute approximate surface area is 215 Å². The van der Waals surface area contributed by atoms with Gasteiger partial charge in [-0.1, -0.05) is 36.4 Å². The van der Waals surface area contributed by atoms with E-state index in [1.165, 1.54) is 11.3 Å². The van der Waals surface area contributed by atoms with Crippen LogP contribution in [0.4, 0.5) is 11.5 Å². The Hall–Kier alpha value is -4.50. The summed E-state index contributed by atoms with van der Waals surface area (Å²) in [6.07, 6.45) is 2.12. The van der Waals surface area contributed by atoms with Crippen molar-refractivity contribution < 1.29 is 9.47 Å². The summed E-state index contributed by atoms with van der Waals surface area (Å²) >= 11 is 0. The Balaban J connectivity index is 1.29. The van der Waals surface area contributed by atoms with Crippen molar-refractivity contribution in [1.29, 1.82) is 0 Å². The molecule has 37 heavy (non-hydrogen) atoms. The number of methoxy groups -OCH3 is 1. The molecule has 0 amide bonds. The van der Waals surface area contributed by atoms with E-state index >= 15 is 0 Å². The Bertz CT molecular complexity index is 1430. The van der Waals surface area contributed by atoms with Crippen LogP contribution < -0.4 is 25.8 Å². The van der Waals surface area contributed by atoms with E-state index in [2.05, 4.69) is 50.4 Å². The van der Waals surface area contributed by atoms with Crippen LogP contribution in [-0.4, -0.2) is 40.8 Å². The van der Waals surface area contributed by atoms with Crippen LogP contribution in [0.15, 0.2) is 84.0 Å². The number of ether oxygens (including phenoxy) is 2. The molecule has 0 fully saturated rings. The van der Waals surface area contributed by atoms with Crippen molar-refractivity contribution in [3.8, 4) is 17.2 Å². The van der Waals surface area contributed by atoms with Crippen molar-refractivity contribution >= 4 is 17.5 Å². The summed E-state index contributed by atoms with van der Waals surface area (Å²) in [5, 5.41) is 6.98. The molecule has 2 aliphatic rings. The SMILES string of the molecule is COc1ccc(Oc2ccccc2CN2CC(N3C(N)=Nc4[nH]ncc4C3N)Cc3ccccc32)cc1. The normalized spacial score (nSPS) is 18.6. The second-order valence-corrected chi connectivity index (χ2v) is 9.25. The van der Waals surface area contributed by atoms with Crippen LogP contribution in [0.2, 0.25) is 0 Å². The van der Waals surface area contributed by atoms with Gasteiger partial charge in [0.1, 0.15) is 23.4 Å². The van der Waals surface area contributed by atoms with E-state index in [9.17, 15) is 0 Å². The molecule has 4 aromatic rings. The third-order valence-electron chi connectivity index (χ3n) is 6.99. The number of rotatable bonds is 6. The van der Waals surface area contributed by atoms with Gasteiger partial charge in [0.25, 0.3) is 0 Å². The molecular formula is C28H29N7O2. The summed E-state index contributed by atoms with van der Waals surface area (Å²) in [7, 11) is 1.65. The molecule has 2 unspecified atom stereocenters. The maximum atomic E-state index is 6.66. The maximum absolute atomic E-state index is 6.66. The summed E-state index contributed by atoms with van der Waals surface area (Å²) in [6, 6.07) is 24.2. The lowest BCUT2D eigenvalue weighted by Crippen LogP contribution is -2.56. The number of guanidine groups is 1. The predicted molar refractivity (Wildman–Crippen MR) is 143 cm³/mol. The van der Waals surface area contributed by atoms with Gasteiger partial charge >= 0.3 is 0 Å². The average Bonchev–Trinajstić information content (AvgIpc) is 3.39. The number of benzene rings is 3. The van der Waals surface area contributed by atoms with Gasteiger partial charge in [0.05, 0.1) is 24.9 Å². The Kier molecular flexibility index (Phi) is 5.90. The number of H-pyrrole nitrogens is 1. The van der Waals surface area contributed by atoms with Crippen molar-refractivity contribution in [2.45, 2.75) is 25.2 Å². The largest absolute Gasteiger partial charge is 0.497 e. The highest BCUT2D eigenvalue weighted by atomic mass is 16.5. The van der Waals surface area contributed by atoms with Gasteiger partial charge in [0.15, 0.2) is 11.8 Å². The van der Waals surface area contributed by atoms with Gasteiger partial charge in [-0.15, -0.1) is 0 Å². The second kappa shape index (κ2) is 9.51. The third-order valence-corrected chi connectivity index (χ3v) is 6.99. The van der Waals surface area contributed by atoms with Gasteiger partial charge in [0.2, 0.25) is 0 Å². The summed E-state index contributed by atoms with van der Waals surface area (Å²) in [5.41, 5.74) is 17.4. The third kappa shape index (κ3) is 4.34. The molecule has 1 aromatic heterocycles. The van der Waals surface area contributed by atoms with Crippen LogP contribution in [0, 0.1) is 0 Å². The lowest BCUT2D eigenvalue weighted by molar-refractivity contribution is 0.228. The molecule has 2 aliphatic heterocycles. The van der Waals surface area contributed by atoms with E-state index in [0.717, 1.165) is 41.3 Å². The molecule has 0 radical (unpaired) electrons. The van der Waals surface area contributed by atoms with Crippen LogP contribution >= 0.6 is 0 Å². The smallest absolute Gasteiger partial charge is 0.199 e. The fraction of sp³-hybridized carbons (Fsp3) is 0.214. The number of hydrogen-bond donors (Lipinski definition) is 3. The first-order valence-electron chi connectivity index (χ1n) is 12.2. The van der Waals surface area contributed by atoms with Gasteiger partial charge in [-0.3, -0.25) is 5.10 Å². The number of nitrogens with one attached hydrogen (secondary N) is 1. The molecule has 2 atom stereocenters. The number of aliphatic imine (C=N–C) groups is 1. The molecule has 0 bridgehead atoms. The molecule has 188 valence electrons. The Morgan fingerprint density at radius 3 is 2.59 bits per heavy atom. The van der Waals surface area contributed by atoms with Crippen molar-refractivity contribution in [2.75, 3.05) is 18.6 Å². The first kappa shape index (κ1) is 22.9. The highest BCUT2D eigenvalue weighted by Crippen LogP contribution is 2.37. The number of aromatic amines is 1. The molecule has 0 saturated carbocycles. The van der Waals surface area contributed by atoms with Crippen LogP contribution in [0.25, 0.3) is 0 Å². The Morgan fingerprint density at radius 1 is 1.00 bits per heavy atom. The molecule has 0 saturated heterocycles. The van der Waals surface area contributed by atoms with Gasteiger partial charge in [-0.25, -0.2) is 0 Å².